The molecule has 1 unspecified atom stereocenters. The molecule has 4 rings (SSSR count). The Morgan fingerprint density at radius 1 is 1.24 bits per heavy atom. The lowest BCUT2D eigenvalue weighted by Gasteiger charge is -2.28. The van der Waals surface area contributed by atoms with Crippen LogP contribution in [0.5, 0.6) is 0 Å². The predicted octanol–water partition coefficient (Wildman–Crippen LogP) is 3.51. The third-order valence-corrected chi connectivity index (χ3v) is 6.53. The number of fused-ring (bicyclic) bond motifs is 1. The molecule has 0 bridgehead atoms. The van der Waals surface area contributed by atoms with Gasteiger partial charge >= 0.3 is 5.97 Å². The zero-order valence-corrected chi connectivity index (χ0v) is 17.4. The molecule has 2 heterocycles. The van der Waals surface area contributed by atoms with Crippen LogP contribution in [0.2, 0.25) is 0 Å². The Bertz CT molecular complexity index is 871. The van der Waals surface area contributed by atoms with E-state index in [9.17, 15) is 9.59 Å². The molecule has 2 aromatic rings. The van der Waals surface area contributed by atoms with Crippen molar-refractivity contribution < 1.29 is 19.1 Å². The summed E-state index contributed by atoms with van der Waals surface area (Å²) in [6.45, 7) is 5.15. The first-order chi connectivity index (χ1) is 14.1. The topological polar surface area (TPSA) is 67.9 Å². The average molecular weight is 415 g/mol. The average Bonchev–Trinajstić information content (AvgIpc) is 3.16. The van der Waals surface area contributed by atoms with Crippen molar-refractivity contribution in [3.8, 4) is 0 Å². The molecule has 29 heavy (non-hydrogen) atoms. The molecule has 1 aromatic heterocycles. The van der Waals surface area contributed by atoms with Crippen LogP contribution in [0.15, 0.2) is 29.6 Å². The van der Waals surface area contributed by atoms with Crippen molar-refractivity contribution >= 4 is 34.6 Å². The van der Waals surface area contributed by atoms with Crippen molar-refractivity contribution in [3.63, 3.8) is 0 Å². The van der Waals surface area contributed by atoms with Gasteiger partial charge in [0.25, 0.3) is 5.91 Å². The highest BCUT2D eigenvalue weighted by Crippen LogP contribution is 2.33. The summed E-state index contributed by atoms with van der Waals surface area (Å²) in [6.07, 6.45) is 3.02. The van der Waals surface area contributed by atoms with E-state index in [1.54, 1.807) is 11.3 Å². The number of carbonyl (C=O) groups excluding carboxylic acids is 2. The van der Waals surface area contributed by atoms with E-state index in [1.807, 2.05) is 29.6 Å². The van der Waals surface area contributed by atoms with E-state index in [0.29, 0.717) is 17.2 Å². The number of esters is 1. The zero-order chi connectivity index (χ0) is 20.2. The maximum atomic E-state index is 12.4. The molecule has 2 aliphatic rings. The Labute approximate surface area is 174 Å². The van der Waals surface area contributed by atoms with Crippen LogP contribution in [0.1, 0.15) is 34.1 Å². The maximum Gasteiger partial charge on any atom is 0.339 e. The quantitative estimate of drug-likeness (QED) is 0.759. The van der Waals surface area contributed by atoms with E-state index in [2.05, 4.69) is 17.1 Å². The van der Waals surface area contributed by atoms with Crippen LogP contribution in [0.3, 0.4) is 0 Å². The Balaban J connectivity index is 1.28. The van der Waals surface area contributed by atoms with Crippen LogP contribution in [-0.4, -0.2) is 44.8 Å². The minimum Gasteiger partial charge on any atom is -0.452 e. The van der Waals surface area contributed by atoms with Crippen molar-refractivity contribution in [2.45, 2.75) is 26.2 Å². The molecule has 0 radical (unpaired) electrons. The first-order valence-corrected chi connectivity index (χ1v) is 11.0. The van der Waals surface area contributed by atoms with Gasteiger partial charge < -0.3 is 19.7 Å². The number of hydrogen-bond donors (Lipinski definition) is 1. The second kappa shape index (κ2) is 8.97. The van der Waals surface area contributed by atoms with E-state index in [0.717, 1.165) is 56.8 Å². The van der Waals surface area contributed by atoms with Gasteiger partial charge in [0.05, 0.1) is 18.8 Å². The molecule has 1 N–H and O–H groups in total. The Morgan fingerprint density at radius 3 is 2.76 bits per heavy atom. The molecular weight excluding hydrogens is 388 g/mol. The highest BCUT2D eigenvalue weighted by molar-refractivity contribution is 7.10. The Hall–Kier alpha value is -2.38. The lowest BCUT2D eigenvalue weighted by molar-refractivity contribution is -0.119. The standard InChI is InChI=1S/C22H26N2O4S/c1-15-2-7-18-19(14-29-20(18)12-15)22(26)28-13-21(25)23-16-3-5-17(6-4-16)24-8-10-27-11-9-24/h3-6,14-15H,2,7-13H2,1H3,(H,23,25). The SMILES string of the molecule is CC1CCc2c(C(=O)OCC(=O)Nc3ccc(N4CCOCC4)cc3)csc2C1. The summed E-state index contributed by atoms with van der Waals surface area (Å²) in [7, 11) is 0. The summed E-state index contributed by atoms with van der Waals surface area (Å²) in [6, 6.07) is 7.68. The minimum absolute atomic E-state index is 0.287. The van der Waals surface area contributed by atoms with Crippen molar-refractivity contribution in [1.29, 1.82) is 0 Å². The molecule has 7 heteroatoms. The Kier molecular flexibility index (Phi) is 6.16. The number of anilines is 2. The highest BCUT2D eigenvalue weighted by atomic mass is 32.1. The third-order valence-electron chi connectivity index (χ3n) is 5.48. The molecule has 154 valence electrons. The van der Waals surface area contributed by atoms with Gasteiger partial charge in [-0.25, -0.2) is 4.79 Å². The Morgan fingerprint density at radius 2 is 2.00 bits per heavy atom. The van der Waals surface area contributed by atoms with E-state index in [4.69, 9.17) is 9.47 Å². The van der Waals surface area contributed by atoms with Gasteiger partial charge in [-0.1, -0.05) is 6.92 Å². The van der Waals surface area contributed by atoms with Crippen LogP contribution in [0, 0.1) is 5.92 Å². The van der Waals surface area contributed by atoms with Crippen LogP contribution in [-0.2, 0) is 27.1 Å². The van der Waals surface area contributed by atoms with E-state index >= 15 is 0 Å². The second-order valence-corrected chi connectivity index (χ2v) is 8.63. The summed E-state index contributed by atoms with van der Waals surface area (Å²) in [5.74, 6) is -0.0875. The molecule has 1 saturated heterocycles. The van der Waals surface area contributed by atoms with Crippen molar-refractivity contribution in [3.05, 3.63) is 45.6 Å². The number of thiophene rings is 1. The minimum atomic E-state index is -0.408. The predicted molar refractivity (Wildman–Crippen MR) is 114 cm³/mol. The van der Waals surface area contributed by atoms with Gasteiger partial charge in [0.15, 0.2) is 6.61 Å². The number of morpholine rings is 1. The first kappa shape index (κ1) is 19.9. The third kappa shape index (κ3) is 4.79. The van der Waals surface area contributed by atoms with Crippen LogP contribution >= 0.6 is 11.3 Å². The zero-order valence-electron chi connectivity index (χ0n) is 16.6. The fourth-order valence-corrected chi connectivity index (χ4v) is 5.07. The number of nitrogens with one attached hydrogen (secondary N) is 1. The molecule has 1 aliphatic heterocycles. The number of rotatable bonds is 5. The molecular formula is C22H26N2O4S. The normalized spacial score (nSPS) is 18.8. The maximum absolute atomic E-state index is 12.4. The molecule has 1 aliphatic carbocycles. The largest absolute Gasteiger partial charge is 0.452 e. The van der Waals surface area contributed by atoms with Crippen molar-refractivity contribution in [1.82, 2.24) is 0 Å². The number of amides is 1. The molecule has 6 nitrogen and oxygen atoms in total. The molecule has 1 atom stereocenters. The smallest absolute Gasteiger partial charge is 0.339 e. The van der Waals surface area contributed by atoms with Gasteiger partial charge in [-0.3, -0.25) is 4.79 Å². The lowest BCUT2D eigenvalue weighted by atomic mass is 9.88. The summed E-state index contributed by atoms with van der Waals surface area (Å²) >= 11 is 1.62. The van der Waals surface area contributed by atoms with Gasteiger partial charge in [0, 0.05) is 34.7 Å². The number of nitrogens with zero attached hydrogens (tertiary/aromatic N) is 1. The monoisotopic (exact) mass is 414 g/mol. The van der Waals surface area contributed by atoms with Crippen molar-refractivity contribution in [2.24, 2.45) is 5.92 Å². The number of hydrogen-bond acceptors (Lipinski definition) is 6. The first-order valence-electron chi connectivity index (χ1n) is 10.1. The van der Waals surface area contributed by atoms with Gasteiger partial charge in [0.2, 0.25) is 0 Å². The molecule has 0 spiro atoms. The van der Waals surface area contributed by atoms with E-state index < -0.39 is 5.97 Å². The fraction of sp³-hybridized carbons (Fsp3) is 0.455. The number of benzene rings is 1. The highest BCUT2D eigenvalue weighted by Gasteiger charge is 2.24. The van der Waals surface area contributed by atoms with Crippen LogP contribution in [0.4, 0.5) is 11.4 Å². The summed E-state index contributed by atoms with van der Waals surface area (Å²) in [5, 5.41) is 4.65. The van der Waals surface area contributed by atoms with Gasteiger partial charge in [-0.05, 0) is 55.0 Å². The van der Waals surface area contributed by atoms with E-state index in [1.165, 1.54) is 4.88 Å². The van der Waals surface area contributed by atoms with Gasteiger partial charge in [-0.15, -0.1) is 11.3 Å². The summed E-state index contributed by atoms with van der Waals surface area (Å²) in [5.41, 5.74) is 3.52. The second-order valence-electron chi connectivity index (χ2n) is 7.67. The lowest BCUT2D eigenvalue weighted by Crippen LogP contribution is -2.36. The number of ether oxygens (including phenoxy) is 2. The molecule has 1 aromatic carbocycles. The molecule has 1 fully saturated rings. The van der Waals surface area contributed by atoms with Crippen molar-refractivity contribution in [2.75, 3.05) is 43.1 Å². The fourth-order valence-electron chi connectivity index (χ4n) is 3.83. The molecule has 1 amide bonds. The van der Waals surface area contributed by atoms with Gasteiger partial charge in [0.1, 0.15) is 0 Å². The van der Waals surface area contributed by atoms with Gasteiger partial charge in [-0.2, -0.15) is 0 Å². The van der Waals surface area contributed by atoms with Crippen LogP contribution in [0.25, 0.3) is 0 Å². The summed E-state index contributed by atoms with van der Waals surface area (Å²) < 4.78 is 10.6. The van der Waals surface area contributed by atoms with E-state index in [-0.39, 0.29) is 12.5 Å². The molecule has 0 saturated carbocycles. The summed E-state index contributed by atoms with van der Waals surface area (Å²) in [4.78, 5) is 28.1. The van der Waals surface area contributed by atoms with Crippen LogP contribution < -0.4 is 10.2 Å². The number of carbonyl (C=O) groups is 2.